The van der Waals surface area contributed by atoms with Gasteiger partial charge in [-0.1, -0.05) is 59.8 Å². The van der Waals surface area contributed by atoms with Gasteiger partial charge in [-0.05, 0) is 30.7 Å². The fourth-order valence-electron chi connectivity index (χ4n) is 3.62. The Balaban J connectivity index is 1.63. The summed E-state index contributed by atoms with van der Waals surface area (Å²) in [5, 5.41) is 12.4. The topological polar surface area (TPSA) is 93.8 Å². The third-order valence-corrected chi connectivity index (χ3v) is 6.31. The van der Waals surface area contributed by atoms with E-state index in [-0.39, 0.29) is 11.2 Å². The van der Waals surface area contributed by atoms with Crippen LogP contribution in [0.2, 0.25) is 0 Å². The van der Waals surface area contributed by atoms with E-state index in [4.69, 9.17) is 4.98 Å². The van der Waals surface area contributed by atoms with E-state index in [2.05, 4.69) is 4.98 Å². The van der Waals surface area contributed by atoms with Crippen LogP contribution in [-0.2, 0) is 5.75 Å². The predicted octanol–water partition coefficient (Wildman–Crippen LogP) is 5.38. The highest BCUT2D eigenvalue weighted by atomic mass is 32.2. The number of nitrogens with one attached hydrogen (secondary N) is 1. The fraction of sp³-hybridized carbons (Fsp3) is 0.0833. The largest absolute Gasteiger partial charge is 0.349 e. The van der Waals surface area contributed by atoms with E-state index >= 15 is 0 Å². The van der Waals surface area contributed by atoms with Crippen molar-refractivity contribution in [2.75, 3.05) is 0 Å². The summed E-state index contributed by atoms with van der Waals surface area (Å²) in [6.45, 7) is 2.00. The van der Waals surface area contributed by atoms with Crippen LogP contribution < -0.4 is 5.56 Å². The Morgan fingerprint density at radius 1 is 1.03 bits per heavy atom. The summed E-state index contributed by atoms with van der Waals surface area (Å²) in [7, 11) is 0. The SMILES string of the molecule is Cc1ccc(-n2c(SCc3ccc([N+](=O)[O-])cc3)nc3c([nH]c4ccccc43)c2=O)cc1. The van der Waals surface area contributed by atoms with Gasteiger partial charge in [-0.15, -0.1) is 0 Å². The molecule has 158 valence electrons. The molecule has 0 spiro atoms. The number of hydrogen-bond donors (Lipinski definition) is 1. The maximum absolute atomic E-state index is 13.5. The van der Waals surface area contributed by atoms with Gasteiger partial charge in [0.15, 0.2) is 5.16 Å². The van der Waals surface area contributed by atoms with Crippen LogP contribution in [0.3, 0.4) is 0 Å². The zero-order chi connectivity index (χ0) is 22.2. The second-order valence-electron chi connectivity index (χ2n) is 7.48. The zero-order valence-electron chi connectivity index (χ0n) is 17.1. The lowest BCUT2D eigenvalue weighted by atomic mass is 10.2. The van der Waals surface area contributed by atoms with E-state index in [1.54, 1.807) is 16.7 Å². The Morgan fingerprint density at radius 3 is 2.47 bits per heavy atom. The molecule has 0 aliphatic heterocycles. The average Bonchev–Trinajstić information content (AvgIpc) is 3.18. The third-order valence-electron chi connectivity index (χ3n) is 5.30. The van der Waals surface area contributed by atoms with Crippen LogP contribution in [0.25, 0.3) is 27.6 Å². The number of non-ortho nitro benzene ring substituents is 1. The van der Waals surface area contributed by atoms with Crippen LogP contribution in [0.1, 0.15) is 11.1 Å². The van der Waals surface area contributed by atoms with E-state index in [0.717, 1.165) is 27.7 Å². The molecule has 0 amide bonds. The van der Waals surface area contributed by atoms with Crippen LogP contribution in [0.4, 0.5) is 5.69 Å². The normalized spacial score (nSPS) is 11.3. The number of rotatable bonds is 5. The number of H-pyrrole nitrogens is 1. The molecule has 2 heterocycles. The lowest BCUT2D eigenvalue weighted by Crippen LogP contribution is -2.21. The van der Waals surface area contributed by atoms with Gasteiger partial charge in [0.25, 0.3) is 11.2 Å². The highest BCUT2D eigenvalue weighted by molar-refractivity contribution is 7.98. The highest BCUT2D eigenvalue weighted by Crippen LogP contribution is 2.28. The van der Waals surface area contributed by atoms with Crippen LogP contribution in [0, 0.1) is 17.0 Å². The maximum atomic E-state index is 13.5. The summed E-state index contributed by atoms with van der Waals surface area (Å²) in [4.78, 5) is 32.1. The zero-order valence-corrected chi connectivity index (χ0v) is 17.9. The number of nitro benzene ring substituents is 1. The number of fused-ring (bicyclic) bond motifs is 3. The molecule has 0 aliphatic rings. The Kier molecular flexibility index (Phi) is 4.99. The molecule has 3 aromatic carbocycles. The summed E-state index contributed by atoms with van der Waals surface area (Å²) < 4.78 is 1.62. The summed E-state index contributed by atoms with van der Waals surface area (Å²) >= 11 is 1.42. The van der Waals surface area contributed by atoms with Crippen molar-refractivity contribution < 1.29 is 4.92 Å². The van der Waals surface area contributed by atoms with Crippen molar-refractivity contribution in [3.05, 3.63) is 104 Å². The first-order valence-corrected chi connectivity index (χ1v) is 11.0. The second-order valence-corrected chi connectivity index (χ2v) is 8.42. The molecule has 0 fully saturated rings. The van der Waals surface area contributed by atoms with Gasteiger partial charge >= 0.3 is 0 Å². The van der Waals surface area contributed by atoms with Crippen LogP contribution in [0.15, 0.2) is 82.7 Å². The van der Waals surface area contributed by atoms with Crippen molar-refractivity contribution in [1.82, 2.24) is 14.5 Å². The molecule has 5 aromatic rings. The molecule has 0 atom stereocenters. The van der Waals surface area contributed by atoms with Crippen LogP contribution in [-0.4, -0.2) is 19.5 Å². The summed E-state index contributed by atoms with van der Waals surface area (Å²) in [6.07, 6.45) is 0. The lowest BCUT2D eigenvalue weighted by molar-refractivity contribution is -0.384. The standard InChI is InChI=1S/C24H18N4O3S/c1-15-6-10-17(11-7-15)27-23(29)22-21(19-4-2-3-5-20(19)25-22)26-24(27)32-14-16-8-12-18(13-9-16)28(30)31/h2-13,25H,14H2,1H3. The third kappa shape index (κ3) is 3.54. The first-order chi connectivity index (χ1) is 15.5. The molecule has 32 heavy (non-hydrogen) atoms. The fourth-order valence-corrected chi connectivity index (χ4v) is 4.58. The second kappa shape index (κ2) is 7.97. The molecule has 0 aliphatic carbocycles. The number of nitrogens with zero attached hydrogens (tertiary/aromatic N) is 3. The molecule has 0 saturated heterocycles. The Morgan fingerprint density at radius 2 is 1.75 bits per heavy atom. The van der Waals surface area contributed by atoms with E-state index < -0.39 is 4.92 Å². The molecular formula is C24H18N4O3S. The first-order valence-electron chi connectivity index (χ1n) is 9.98. The molecule has 0 unspecified atom stereocenters. The van der Waals surface area contributed by atoms with Gasteiger partial charge < -0.3 is 4.98 Å². The molecule has 7 nitrogen and oxygen atoms in total. The summed E-state index contributed by atoms with van der Waals surface area (Å²) in [5.41, 5.74) is 4.59. The Labute approximate surface area is 186 Å². The van der Waals surface area contributed by atoms with Gasteiger partial charge in [0.05, 0.1) is 10.6 Å². The Bertz CT molecular complexity index is 1520. The van der Waals surface area contributed by atoms with E-state index in [1.165, 1.54) is 23.9 Å². The highest BCUT2D eigenvalue weighted by Gasteiger charge is 2.17. The molecule has 0 saturated carbocycles. The average molecular weight is 443 g/mol. The number of aryl methyl sites for hydroxylation is 1. The molecule has 0 bridgehead atoms. The monoisotopic (exact) mass is 442 g/mol. The predicted molar refractivity (Wildman–Crippen MR) is 127 cm³/mol. The quantitative estimate of drug-likeness (QED) is 0.171. The molecule has 2 aromatic heterocycles. The van der Waals surface area contributed by atoms with Crippen LogP contribution >= 0.6 is 11.8 Å². The number of aromatic nitrogens is 3. The molecule has 0 radical (unpaired) electrons. The minimum absolute atomic E-state index is 0.0497. The molecule has 8 heteroatoms. The van der Waals surface area contributed by atoms with Gasteiger partial charge in [0.2, 0.25) is 0 Å². The Hall–Kier alpha value is -3.91. The van der Waals surface area contributed by atoms with Crippen molar-refractivity contribution >= 4 is 39.4 Å². The molecule has 1 N–H and O–H groups in total. The van der Waals surface area contributed by atoms with Crippen molar-refractivity contribution in [3.63, 3.8) is 0 Å². The first kappa shape index (κ1) is 20.0. The van der Waals surface area contributed by atoms with E-state index in [0.29, 0.717) is 21.9 Å². The van der Waals surface area contributed by atoms with Crippen LogP contribution in [0.5, 0.6) is 0 Å². The number of nitro groups is 1. The number of hydrogen-bond acceptors (Lipinski definition) is 5. The van der Waals surface area contributed by atoms with Crippen molar-refractivity contribution in [2.24, 2.45) is 0 Å². The van der Waals surface area contributed by atoms with E-state index in [9.17, 15) is 14.9 Å². The van der Waals surface area contributed by atoms with Crippen molar-refractivity contribution in [2.45, 2.75) is 17.8 Å². The van der Waals surface area contributed by atoms with Gasteiger partial charge in [-0.2, -0.15) is 0 Å². The van der Waals surface area contributed by atoms with Crippen molar-refractivity contribution in [1.29, 1.82) is 0 Å². The van der Waals surface area contributed by atoms with Crippen molar-refractivity contribution in [3.8, 4) is 5.69 Å². The van der Waals surface area contributed by atoms with Gasteiger partial charge in [-0.25, -0.2) is 4.98 Å². The maximum Gasteiger partial charge on any atom is 0.283 e. The summed E-state index contributed by atoms with van der Waals surface area (Å²) in [6, 6.07) is 21.9. The number of para-hydroxylation sites is 1. The molecular weight excluding hydrogens is 424 g/mol. The van der Waals surface area contributed by atoms with E-state index in [1.807, 2.05) is 55.5 Å². The van der Waals surface area contributed by atoms with Gasteiger partial charge in [0.1, 0.15) is 11.0 Å². The number of benzene rings is 3. The summed E-state index contributed by atoms with van der Waals surface area (Å²) in [5.74, 6) is 0.518. The molecule has 5 rings (SSSR count). The minimum Gasteiger partial charge on any atom is -0.349 e. The minimum atomic E-state index is -0.418. The lowest BCUT2D eigenvalue weighted by Gasteiger charge is -2.12. The van der Waals surface area contributed by atoms with Gasteiger partial charge in [-0.3, -0.25) is 19.5 Å². The number of aromatic amines is 1. The smallest absolute Gasteiger partial charge is 0.283 e. The number of thioether (sulfide) groups is 1. The van der Waals surface area contributed by atoms with Gasteiger partial charge in [0, 0.05) is 28.8 Å².